The number of primary amides is 1. The lowest BCUT2D eigenvalue weighted by molar-refractivity contribution is -0.120. The average molecular weight is 157 g/mol. The largest absolute Gasteiger partial charge is 0.393 e. The van der Waals surface area contributed by atoms with E-state index in [1.54, 1.807) is 0 Å². The number of aliphatic hydroxyl groups excluding tert-OH is 1. The van der Waals surface area contributed by atoms with Crippen LogP contribution < -0.4 is 5.73 Å². The van der Waals surface area contributed by atoms with E-state index in [9.17, 15) is 9.90 Å². The van der Waals surface area contributed by atoms with E-state index in [0.717, 1.165) is 25.7 Å². The zero-order valence-electron chi connectivity index (χ0n) is 6.62. The lowest BCUT2D eigenvalue weighted by atomic mass is 9.84. The van der Waals surface area contributed by atoms with Crippen LogP contribution in [0.2, 0.25) is 0 Å². The van der Waals surface area contributed by atoms with Gasteiger partial charge in [0, 0.05) is 6.42 Å². The standard InChI is InChI=1S/C8H15NO2/c9-8(11)5-6-3-1-2-4-7(6)10/h6-7,10H,1-5H2,(H2,9,11)/t6-,7-/m1/s1. The highest BCUT2D eigenvalue weighted by molar-refractivity contribution is 5.74. The Kier molecular flexibility index (Phi) is 2.88. The minimum absolute atomic E-state index is 0.126. The van der Waals surface area contributed by atoms with Gasteiger partial charge in [0.05, 0.1) is 6.10 Å². The van der Waals surface area contributed by atoms with Crippen molar-refractivity contribution in [3.63, 3.8) is 0 Å². The molecule has 1 amide bonds. The van der Waals surface area contributed by atoms with Crippen LogP contribution in [0, 0.1) is 5.92 Å². The monoisotopic (exact) mass is 157 g/mol. The van der Waals surface area contributed by atoms with Crippen molar-refractivity contribution in [3.05, 3.63) is 0 Å². The summed E-state index contributed by atoms with van der Waals surface area (Å²) in [5.41, 5.74) is 5.04. The second-order valence-electron chi connectivity index (χ2n) is 3.28. The SMILES string of the molecule is NC(=O)C[C@H]1CCCC[C@H]1O. The first-order chi connectivity index (χ1) is 5.20. The molecule has 0 aromatic rings. The second kappa shape index (κ2) is 3.72. The minimum Gasteiger partial charge on any atom is -0.393 e. The van der Waals surface area contributed by atoms with Crippen LogP contribution in [0.15, 0.2) is 0 Å². The van der Waals surface area contributed by atoms with E-state index in [-0.39, 0.29) is 17.9 Å². The van der Waals surface area contributed by atoms with E-state index in [0.29, 0.717) is 6.42 Å². The highest BCUT2D eigenvalue weighted by Crippen LogP contribution is 2.26. The maximum Gasteiger partial charge on any atom is 0.217 e. The average Bonchev–Trinajstić information content (AvgIpc) is 1.93. The zero-order chi connectivity index (χ0) is 8.27. The molecule has 0 bridgehead atoms. The van der Waals surface area contributed by atoms with Crippen LogP contribution in [-0.2, 0) is 4.79 Å². The summed E-state index contributed by atoms with van der Waals surface area (Å²) in [5, 5.41) is 9.41. The second-order valence-corrected chi connectivity index (χ2v) is 3.28. The van der Waals surface area contributed by atoms with Gasteiger partial charge in [-0.3, -0.25) is 4.79 Å². The molecule has 0 spiro atoms. The fraction of sp³-hybridized carbons (Fsp3) is 0.875. The summed E-state index contributed by atoms with van der Waals surface area (Å²) in [6.45, 7) is 0. The zero-order valence-corrected chi connectivity index (χ0v) is 6.62. The molecule has 0 aliphatic heterocycles. The molecule has 0 radical (unpaired) electrons. The van der Waals surface area contributed by atoms with Crippen molar-refractivity contribution in [2.75, 3.05) is 0 Å². The third kappa shape index (κ3) is 2.50. The van der Waals surface area contributed by atoms with Gasteiger partial charge in [0.1, 0.15) is 0 Å². The van der Waals surface area contributed by atoms with Crippen LogP contribution in [0.3, 0.4) is 0 Å². The number of aliphatic hydroxyl groups is 1. The Hall–Kier alpha value is -0.570. The van der Waals surface area contributed by atoms with Crippen LogP contribution in [0.4, 0.5) is 0 Å². The Morgan fingerprint density at radius 1 is 1.45 bits per heavy atom. The van der Waals surface area contributed by atoms with Gasteiger partial charge in [-0.1, -0.05) is 12.8 Å². The molecule has 1 rings (SSSR count). The minimum atomic E-state index is -0.295. The molecule has 1 aliphatic carbocycles. The molecule has 3 N–H and O–H groups in total. The van der Waals surface area contributed by atoms with Crippen molar-refractivity contribution in [1.29, 1.82) is 0 Å². The van der Waals surface area contributed by atoms with E-state index >= 15 is 0 Å². The van der Waals surface area contributed by atoms with Crippen molar-refractivity contribution in [2.45, 2.75) is 38.2 Å². The molecular weight excluding hydrogens is 142 g/mol. The first-order valence-electron chi connectivity index (χ1n) is 4.16. The highest BCUT2D eigenvalue weighted by Gasteiger charge is 2.23. The molecule has 0 aromatic carbocycles. The van der Waals surface area contributed by atoms with E-state index in [4.69, 9.17) is 5.73 Å². The van der Waals surface area contributed by atoms with Crippen LogP contribution in [0.5, 0.6) is 0 Å². The molecular formula is C8H15NO2. The summed E-state index contributed by atoms with van der Waals surface area (Å²) < 4.78 is 0. The van der Waals surface area contributed by atoms with E-state index in [2.05, 4.69) is 0 Å². The lowest BCUT2D eigenvalue weighted by Crippen LogP contribution is -2.28. The van der Waals surface area contributed by atoms with Gasteiger partial charge in [-0.05, 0) is 18.8 Å². The number of nitrogens with two attached hydrogens (primary N) is 1. The number of rotatable bonds is 2. The Morgan fingerprint density at radius 2 is 2.09 bits per heavy atom. The topological polar surface area (TPSA) is 63.3 Å². The molecule has 0 saturated heterocycles. The highest BCUT2D eigenvalue weighted by atomic mass is 16.3. The van der Waals surface area contributed by atoms with Crippen LogP contribution in [-0.4, -0.2) is 17.1 Å². The van der Waals surface area contributed by atoms with Crippen molar-refractivity contribution >= 4 is 5.91 Å². The normalized spacial score (nSPS) is 31.7. The summed E-state index contributed by atoms with van der Waals surface area (Å²) in [6, 6.07) is 0. The van der Waals surface area contributed by atoms with Gasteiger partial charge in [0.2, 0.25) is 5.91 Å². The number of carbonyl (C=O) groups is 1. The molecule has 0 aromatic heterocycles. The maximum absolute atomic E-state index is 10.5. The van der Waals surface area contributed by atoms with Crippen molar-refractivity contribution in [3.8, 4) is 0 Å². The van der Waals surface area contributed by atoms with Crippen molar-refractivity contribution < 1.29 is 9.90 Å². The fourth-order valence-electron chi connectivity index (χ4n) is 1.68. The van der Waals surface area contributed by atoms with Crippen LogP contribution in [0.1, 0.15) is 32.1 Å². The number of hydrogen-bond donors (Lipinski definition) is 2. The molecule has 11 heavy (non-hydrogen) atoms. The third-order valence-electron chi connectivity index (χ3n) is 2.33. The summed E-state index contributed by atoms with van der Waals surface area (Å²) in [7, 11) is 0. The van der Waals surface area contributed by atoms with Gasteiger partial charge in [-0.2, -0.15) is 0 Å². The molecule has 3 heteroatoms. The predicted octanol–water partition coefficient (Wildman–Crippen LogP) is 0.413. The Morgan fingerprint density at radius 3 is 2.64 bits per heavy atom. The van der Waals surface area contributed by atoms with Gasteiger partial charge < -0.3 is 10.8 Å². The molecule has 0 heterocycles. The van der Waals surface area contributed by atoms with Crippen LogP contribution >= 0.6 is 0 Å². The fourth-order valence-corrected chi connectivity index (χ4v) is 1.68. The Balaban J connectivity index is 2.35. The Labute approximate surface area is 66.6 Å². The first kappa shape index (κ1) is 8.53. The number of amides is 1. The maximum atomic E-state index is 10.5. The van der Waals surface area contributed by atoms with E-state index in [1.165, 1.54) is 0 Å². The number of hydrogen-bond acceptors (Lipinski definition) is 2. The molecule has 64 valence electrons. The van der Waals surface area contributed by atoms with Crippen molar-refractivity contribution in [2.24, 2.45) is 11.7 Å². The summed E-state index contributed by atoms with van der Waals surface area (Å²) in [5.74, 6) is -0.169. The smallest absolute Gasteiger partial charge is 0.217 e. The summed E-state index contributed by atoms with van der Waals surface area (Å²) >= 11 is 0. The van der Waals surface area contributed by atoms with Gasteiger partial charge in [-0.15, -0.1) is 0 Å². The molecule has 1 aliphatic rings. The number of carbonyl (C=O) groups excluding carboxylic acids is 1. The molecule has 2 atom stereocenters. The first-order valence-corrected chi connectivity index (χ1v) is 4.16. The van der Waals surface area contributed by atoms with E-state index in [1.807, 2.05) is 0 Å². The lowest BCUT2D eigenvalue weighted by Gasteiger charge is -2.26. The van der Waals surface area contributed by atoms with Crippen molar-refractivity contribution in [1.82, 2.24) is 0 Å². The summed E-state index contributed by atoms with van der Waals surface area (Å²) in [6.07, 6.45) is 4.03. The third-order valence-corrected chi connectivity index (χ3v) is 2.33. The predicted molar refractivity (Wildman–Crippen MR) is 41.8 cm³/mol. The molecule has 3 nitrogen and oxygen atoms in total. The van der Waals surface area contributed by atoms with Gasteiger partial charge in [0.15, 0.2) is 0 Å². The van der Waals surface area contributed by atoms with Gasteiger partial charge >= 0.3 is 0 Å². The quantitative estimate of drug-likeness (QED) is 0.610. The summed E-state index contributed by atoms with van der Waals surface area (Å²) in [4.78, 5) is 10.5. The Bertz CT molecular complexity index is 147. The van der Waals surface area contributed by atoms with E-state index < -0.39 is 0 Å². The van der Waals surface area contributed by atoms with Gasteiger partial charge in [0.25, 0.3) is 0 Å². The molecule has 1 saturated carbocycles. The molecule has 0 unspecified atom stereocenters. The van der Waals surface area contributed by atoms with Gasteiger partial charge in [-0.25, -0.2) is 0 Å². The van der Waals surface area contributed by atoms with Crippen LogP contribution in [0.25, 0.3) is 0 Å². The molecule has 1 fully saturated rings.